The zero-order chi connectivity index (χ0) is 15.0. The number of urea groups is 1. The van der Waals surface area contributed by atoms with Crippen molar-refractivity contribution in [3.05, 3.63) is 36.2 Å². The molecular formula is C14H20FN3O2. The van der Waals surface area contributed by atoms with Gasteiger partial charge >= 0.3 is 6.03 Å². The molecule has 1 aromatic rings. The predicted octanol–water partition coefficient (Wildman–Crippen LogP) is 2.04. The largest absolute Gasteiger partial charge is 0.489 e. The summed E-state index contributed by atoms with van der Waals surface area (Å²) in [5.41, 5.74) is 6.46. The Balaban J connectivity index is 2.62. The van der Waals surface area contributed by atoms with Crippen molar-refractivity contribution in [3.63, 3.8) is 0 Å². The molecule has 0 atom stereocenters. The summed E-state index contributed by atoms with van der Waals surface area (Å²) < 4.78 is 17.7. The Morgan fingerprint density at radius 3 is 2.60 bits per heavy atom. The molecule has 0 fully saturated rings. The van der Waals surface area contributed by atoms with Gasteiger partial charge in [0.2, 0.25) is 0 Å². The molecule has 1 rings (SSSR count). The molecule has 3 N–H and O–H groups in total. The zero-order valence-corrected chi connectivity index (χ0v) is 11.7. The van der Waals surface area contributed by atoms with Crippen molar-refractivity contribution >= 4 is 11.7 Å². The molecule has 0 bridgehead atoms. The quantitative estimate of drug-likeness (QED) is 0.838. The van der Waals surface area contributed by atoms with E-state index in [0.717, 1.165) is 5.69 Å². The fourth-order valence-electron chi connectivity index (χ4n) is 1.46. The number of hydrogen-bond donors (Lipinski definition) is 2. The normalized spacial score (nSPS) is 11.1. The van der Waals surface area contributed by atoms with E-state index in [2.05, 4.69) is 5.32 Å². The maximum atomic E-state index is 12.3. The lowest BCUT2D eigenvalue weighted by Gasteiger charge is -2.18. The first-order valence-corrected chi connectivity index (χ1v) is 6.35. The first kappa shape index (κ1) is 16.0. The highest BCUT2D eigenvalue weighted by Gasteiger charge is 2.09. The van der Waals surface area contributed by atoms with Crippen LogP contribution in [0.3, 0.4) is 0 Å². The standard InChI is InChI=1S/C14H20FN3O2/c1-3-17-14(19)18(2)12-4-6-13(7-5-12)20-10-11(8-15)9-16/h4-8H,3,9-10,16H2,1-2H3,(H,17,19)/b11-8+. The van der Waals surface area contributed by atoms with Crippen LogP contribution in [0.4, 0.5) is 14.9 Å². The van der Waals surface area contributed by atoms with Crippen molar-refractivity contribution in [2.24, 2.45) is 5.73 Å². The molecule has 0 spiro atoms. The summed E-state index contributed by atoms with van der Waals surface area (Å²) in [4.78, 5) is 13.1. The van der Waals surface area contributed by atoms with E-state index in [1.54, 1.807) is 31.3 Å². The lowest BCUT2D eigenvalue weighted by atomic mass is 10.3. The topological polar surface area (TPSA) is 67.6 Å². The maximum absolute atomic E-state index is 12.3. The van der Waals surface area contributed by atoms with Crippen LogP contribution in [0.2, 0.25) is 0 Å². The van der Waals surface area contributed by atoms with E-state index in [-0.39, 0.29) is 19.2 Å². The Labute approximate surface area is 118 Å². The number of carbonyl (C=O) groups excluding carboxylic acids is 1. The third-order valence-corrected chi connectivity index (χ3v) is 2.70. The maximum Gasteiger partial charge on any atom is 0.321 e. The van der Waals surface area contributed by atoms with Gasteiger partial charge in [0.05, 0.1) is 6.33 Å². The smallest absolute Gasteiger partial charge is 0.321 e. The number of ether oxygens (including phenoxy) is 1. The van der Waals surface area contributed by atoms with E-state index in [4.69, 9.17) is 10.5 Å². The molecule has 2 amide bonds. The summed E-state index contributed by atoms with van der Waals surface area (Å²) in [5, 5.41) is 2.71. The summed E-state index contributed by atoms with van der Waals surface area (Å²) in [5.74, 6) is 0.589. The monoisotopic (exact) mass is 281 g/mol. The second-order valence-electron chi connectivity index (χ2n) is 4.15. The molecule has 0 aliphatic rings. The van der Waals surface area contributed by atoms with Gasteiger partial charge in [0.15, 0.2) is 0 Å². The van der Waals surface area contributed by atoms with Crippen LogP contribution in [0.1, 0.15) is 6.92 Å². The molecule has 110 valence electrons. The molecule has 0 saturated heterocycles. The Bertz CT molecular complexity index is 460. The molecule has 6 heteroatoms. The van der Waals surface area contributed by atoms with E-state index in [9.17, 15) is 9.18 Å². The average molecular weight is 281 g/mol. The summed E-state index contributed by atoms with van der Waals surface area (Å²) in [6.07, 6.45) is 0.456. The average Bonchev–Trinajstić information content (AvgIpc) is 2.48. The summed E-state index contributed by atoms with van der Waals surface area (Å²) in [6, 6.07) is 6.78. The Morgan fingerprint density at radius 2 is 2.10 bits per heavy atom. The zero-order valence-electron chi connectivity index (χ0n) is 11.7. The van der Waals surface area contributed by atoms with Crippen LogP contribution in [0.25, 0.3) is 0 Å². The number of halogens is 1. The van der Waals surface area contributed by atoms with Crippen molar-refractivity contribution in [3.8, 4) is 5.75 Å². The Kier molecular flexibility index (Phi) is 6.52. The molecule has 5 nitrogen and oxygen atoms in total. The van der Waals surface area contributed by atoms with Gasteiger partial charge < -0.3 is 15.8 Å². The number of carbonyl (C=O) groups is 1. The molecule has 20 heavy (non-hydrogen) atoms. The van der Waals surface area contributed by atoms with Crippen LogP contribution in [0.15, 0.2) is 36.2 Å². The van der Waals surface area contributed by atoms with Crippen molar-refractivity contribution in [1.29, 1.82) is 0 Å². The van der Waals surface area contributed by atoms with Gasteiger partial charge in [0.25, 0.3) is 0 Å². The number of hydrogen-bond acceptors (Lipinski definition) is 3. The van der Waals surface area contributed by atoms with Gasteiger partial charge in [-0.2, -0.15) is 0 Å². The summed E-state index contributed by atoms with van der Waals surface area (Å²) >= 11 is 0. The van der Waals surface area contributed by atoms with E-state index < -0.39 is 0 Å². The second kappa shape index (κ2) is 8.16. The third-order valence-electron chi connectivity index (χ3n) is 2.70. The van der Waals surface area contributed by atoms with Crippen molar-refractivity contribution < 1.29 is 13.9 Å². The van der Waals surface area contributed by atoms with Gasteiger partial charge in [0, 0.05) is 31.4 Å². The van der Waals surface area contributed by atoms with Gasteiger partial charge in [-0.25, -0.2) is 9.18 Å². The number of nitrogens with zero attached hydrogens (tertiary/aromatic N) is 1. The number of anilines is 1. The number of rotatable bonds is 6. The highest BCUT2D eigenvalue weighted by atomic mass is 19.1. The SMILES string of the molecule is CCNC(=O)N(C)c1ccc(OC/C(=C/F)CN)cc1. The van der Waals surface area contributed by atoms with Crippen LogP contribution in [-0.4, -0.2) is 32.8 Å². The van der Waals surface area contributed by atoms with Crippen LogP contribution in [0, 0.1) is 0 Å². The molecule has 0 unspecified atom stereocenters. The van der Waals surface area contributed by atoms with Gasteiger partial charge in [-0.05, 0) is 31.2 Å². The highest BCUT2D eigenvalue weighted by Crippen LogP contribution is 2.19. The lowest BCUT2D eigenvalue weighted by molar-refractivity contribution is 0.248. The minimum Gasteiger partial charge on any atom is -0.489 e. The second-order valence-corrected chi connectivity index (χ2v) is 4.15. The van der Waals surface area contributed by atoms with Gasteiger partial charge in [-0.1, -0.05) is 0 Å². The first-order valence-electron chi connectivity index (χ1n) is 6.35. The van der Waals surface area contributed by atoms with E-state index in [1.807, 2.05) is 6.92 Å². The van der Waals surface area contributed by atoms with Crippen molar-refractivity contribution in [1.82, 2.24) is 5.32 Å². The van der Waals surface area contributed by atoms with Crippen LogP contribution >= 0.6 is 0 Å². The molecule has 0 heterocycles. The molecule has 0 saturated carbocycles. The number of nitrogens with two attached hydrogens (primary N) is 1. The Hall–Kier alpha value is -2.08. The highest BCUT2D eigenvalue weighted by molar-refractivity contribution is 5.91. The summed E-state index contributed by atoms with van der Waals surface area (Å²) in [6.45, 7) is 2.66. The van der Waals surface area contributed by atoms with Gasteiger partial charge in [0.1, 0.15) is 12.4 Å². The number of amides is 2. The third kappa shape index (κ3) is 4.55. The number of nitrogens with one attached hydrogen (secondary N) is 1. The van der Waals surface area contributed by atoms with Crippen LogP contribution < -0.4 is 20.7 Å². The molecule has 0 aliphatic heterocycles. The van der Waals surface area contributed by atoms with E-state index in [1.165, 1.54) is 4.90 Å². The minimum absolute atomic E-state index is 0.110. The van der Waals surface area contributed by atoms with E-state index in [0.29, 0.717) is 24.2 Å². The molecule has 1 aromatic carbocycles. The lowest BCUT2D eigenvalue weighted by Crippen LogP contribution is -2.36. The Morgan fingerprint density at radius 1 is 1.45 bits per heavy atom. The van der Waals surface area contributed by atoms with Crippen LogP contribution in [0.5, 0.6) is 5.75 Å². The van der Waals surface area contributed by atoms with E-state index >= 15 is 0 Å². The molecular weight excluding hydrogens is 261 g/mol. The predicted molar refractivity (Wildman–Crippen MR) is 77.7 cm³/mol. The molecule has 0 aliphatic carbocycles. The van der Waals surface area contributed by atoms with Crippen LogP contribution in [-0.2, 0) is 0 Å². The molecule has 0 radical (unpaired) electrons. The minimum atomic E-state index is -0.174. The summed E-state index contributed by atoms with van der Waals surface area (Å²) in [7, 11) is 1.68. The fraction of sp³-hybridized carbons (Fsp3) is 0.357. The fourth-order valence-corrected chi connectivity index (χ4v) is 1.46. The van der Waals surface area contributed by atoms with Crippen molar-refractivity contribution in [2.45, 2.75) is 6.92 Å². The first-order chi connectivity index (χ1) is 9.62. The van der Waals surface area contributed by atoms with Gasteiger partial charge in [-0.15, -0.1) is 0 Å². The van der Waals surface area contributed by atoms with Gasteiger partial charge in [-0.3, -0.25) is 4.90 Å². The van der Waals surface area contributed by atoms with Crippen molar-refractivity contribution in [2.75, 3.05) is 31.6 Å². The molecule has 0 aromatic heterocycles. The number of benzene rings is 1.